The molecule has 0 aliphatic carbocycles. The molecule has 2 aromatic carbocycles. The van der Waals surface area contributed by atoms with Gasteiger partial charge in [0, 0.05) is 62.3 Å². The zero-order valence-corrected chi connectivity index (χ0v) is 21.9. The highest BCUT2D eigenvalue weighted by Crippen LogP contribution is 2.29. The van der Waals surface area contributed by atoms with E-state index in [4.69, 9.17) is 0 Å². The molecule has 0 spiro atoms. The number of aryl methyl sites for hydroxylation is 1. The molecule has 2 atom stereocenters. The lowest BCUT2D eigenvalue weighted by Gasteiger charge is -2.32. The van der Waals surface area contributed by atoms with Crippen molar-refractivity contribution in [1.82, 2.24) is 20.0 Å². The van der Waals surface area contributed by atoms with E-state index in [1.807, 2.05) is 54.3 Å². The molecule has 1 N–H and O–H groups in total. The van der Waals surface area contributed by atoms with E-state index < -0.39 is 6.04 Å². The summed E-state index contributed by atoms with van der Waals surface area (Å²) in [5, 5.41) is 5.36. The highest BCUT2D eigenvalue weighted by Gasteiger charge is 2.43. The summed E-state index contributed by atoms with van der Waals surface area (Å²) in [6, 6.07) is 17.8. The molecule has 6 nitrogen and oxygen atoms in total. The molecule has 0 radical (unpaired) electrons. The largest absolute Gasteiger partial charge is 0.338 e. The topological polar surface area (TPSA) is 55.9 Å². The average molecular weight is 521 g/mol. The molecule has 3 heterocycles. The molecule has 0 saturated carbocycles. The second-order valence-electron chi connectivity index (χ2n) is 9.91. The number of amides is 2. The van der Waals surface area contributed by atoms with Crippen LogP contribution >= 0.6 is 11.3 Å². The van der Waals surface area contributed by atoms with Crippen LogP contribution in [0.5, 0.6) is 0 Å². The fraction of sp³-hybridized carbons (Fsp3) is 0.379. The standard InChI is InChI=1S/C29H33FN4O2S/c1-21-4-8-23(9-5-21)28(35)34-19-25(17-27(34)29(36)32-14-12-31-13-15-32)33(20-26-3-2-16-37-26)18-22-6-10-24(30)11-7-22/h2-11,16,25,27,31H,12-15,17-20H2,1H3. The number of rotatable bonds is 7. The number of likely N-dealkylation sites (tertiary alicyclic amines) is 1. The first-order valence-electron chi connectivity index (χ1n) is 12.9. The third-order valence-electron chi connectivity index (χ3n) is 7.31. The summed E-state index contributed by atoms with van der Waals surface area (Å²) in [5.41, 5.74) is 2.70. The van der Waals surface area contributed by atoms with E-state index in [-0.39, 0.29) is 23.7 Å². The Morgan fingerprint density at radius 3 is 2.43 bits per heavy atom. The van der Waals surface area contributed by atoms with Gasteiger partial charge < -0.3 is 15.1 Å². The minimum atomic E-state index is -0.504. The third-order valence-corrected chi connectivity index (χ3v) is 8.17. The molecular weight excluding hydrogens is 487 g/mol. The van der Waals surface area contributed by atoms with Crippen molar-refractivity contribution >= 4 is 23.2 Å². The fourth-order valence-electron chi connectivity index (χ4n) is 5.24. The van der Waals surface area contributed by atoms with Crippen molar-refractivity contribution in [2.75, 3.05) is 32.7 Å². The summed E-state index contributed by atoms with van der Waals surface area (Å²) in [5.74, 6) is -0.331. The first kappa shape index (κ1) is 25.6. The van der Waals surface area contributed by atoms with Crippen LogP contribution in [0.2, 0.25) is 0 Å². The summed E-state index contributed by atoms with van der Waals surface area (Å²) in [7, 11) is 0. The maximum atomic E-state index is 13.7. The van der Waals surface area contributed by atoms with Crippen LogP contribution in [-0.4, -0.2) is 71.3 Å². The van der Waals surface area contributed by atoms with Crippen molar-refractivity contribution < 1.29 is 14.0 Å². The molecule has 2 aliphatic rings. The van der Waals surface area contributed by atoms with Gasteiger partial charge >= 0.3 is 0 Å². The number of carbonyl (C=O) groups is 2. The van der Waals surface area contributed by atoms with Gasteiger partial charge in [-0.1, -0.05) is 35.9 Å². The molecule has 194 valence electrons. The highest BCUT2D eigenvalue weighted by atomic mass is 32.1. The van der Waals surface area contributed by atoms with E-state index in [9.17, 15) is 14.0 Å². The molecule has 2 fully saturated rings. The fourth-order valence-corrected chi connectivity index (χ4v) is 5.97. The quantitative estimate of drug-likeness (QED) is 0.513. The van der Waals surface area contributed by atoms with Gasteiger partial charge in [-0.05, 0) is 54.6 Å². The average Bonchev–Trinajstić information content (AvgIpc) is 3.60. The predicted molar refractivity (Wildman–Crippen MR) is 144 cm³/mol. The van der Waals surface area contributed by atoms with Crippen molar-refractivity contribution in [3.05, 3.63) is 93.4 Å². The van der Waals surface area contributed by atoms with Crippen molar-refractivity contribution in [3.8, 4) is 0 Å². The molecule has 2 saturated heterocycles. The monoisotopic (exact) mass is 520 g/mol. The van der Waals surface area contributed by atoms with E-state index >= 15 is 0 Å². The molecule has 2 aliphatic heterocycles. The SMILES string of the molecule is Cc1ccc(C(=O)N2CC(N(Cc3ccc(F)cc3)Cc3cccs3)CC2C(=O)N2CCNCC2)cc1. The van der Waals surface area contributed by atoms with E-state index in [0.29, 0.717) is 44.7 Å². The summed E-state index contributed by atoms with van der Waals surface area (Å²) in [6.45, 7) is 6.63. The molecule has 3 aromatic rings. The van der Waals surface area contributed by atoms with Gasteiger partial charge in [-0.25, -0.2) is 4.39 Å². The second kappa shape index (κ2) is 11.5. The van der Waals surface area contributed by atoms with Crippen LogP contribution in [0, 0.1) is 12.7 Å². The highest BCUT2D eigenvalue weighted by molar-refractivity contribution is 7.09. The van der Waals surface area contributed by atoms with Gasteiger partial charge in [-0.3, -0.25) is 14.5 Å². The smallest absolute Gasteiger partial charge is 0.254 e. The zero-order valence-electron chi connectivity index (χ0n) is 21.1. The molecule has 37 heavy (non-hydrogen) atoms. The van der Waals surface area contributed by atoms with Gasteiger partial charge in [0.15, 0.2) is 0 Å². The van der Waals surface area contributed by atoms with Crippen molar-refractivity contribution in [2.45, 2.75) is 38.5 Å². The molecule has 0 bridgehead atoms. The van der Waals surface area contributed by atoms with Gasteiger partial charge in [0.25, 0.3) is 5.91 Å². The van der Waals surface area contributed by atoms with Crippen LogP contribution in [0.3, 0.4) is 0 Å². The van der Waals surface area contributed by atoms with E-state index in [2.05, 4.69) is 21.7 Å². The Hall–Kier alpha value is -3.07. The van der Waals surface area contributed by atoms with Gasteiger partial charge in [0.1, 0.15) is 11.9 Å². The number of hydrogen-bond donors (Lipinski definition) is 1. The first-order valence-corrected chi connectivity index (χ1v) is 13.7. The van der Waals surface area contributed by atoms with Gasteiger partial charge in [0.2, 0.25) is 5.91 Å². The lowest BCUT2D eigenvalue weighted by atomic mass is 10.1. The van der Waals surface area contributed by atoms with Crippen LogP contribution in [0.15, 0.2) is 66.0 Å². The van der Waals surface area contributed by atoms with Crippen molar-refractivity contribution in [1.29, 1.82) is 0 Å². The number of hydrogen-bond acceptors (Lipinski definition) is 5. The Morgan fingerprint density at radius 2 is 1.76 bits per heavy atom. The van der Waals surface area contributed by atoms with Crippen molar-refractivity contribution in [3.63, 3.8) is 0 Å². The molecule has 5 rings (SSSR count). The lowest BCUT2D eigenvalue weighted by Crippen LogP contribution is -2.53. The predicted octanol–water partition coefficient (Wildman–Crippen LogP) is 3.91. The minimum absolute atomic E-state index is 0.00147. The lowest BCUT2D eigenvalue weighted by molar-refractivity contribution is -0.135. The number of carbonyl (C=O) groups excluding carboxylic acids is 2. The maximum absolute atomic E-state index is 13.7. The van der Waals surface area contributed by atoms with E-state index in [1.54, 1.807) is 16.2 Å². The number of nitrogens with zero attached hydrogens (tertiary/aromatic N) is 3. The Bertz CT molecular complexity index is 1190. The normalized spacial score (nSPS) is 20.0. The Labute approximate surface area is 221 Å². The Kier molecular flexibility index (Phi) is 7.98. The number of nitrogens with one attached hydrogen (secondary N) is 1. The Balaban J connectivity index is 1.43. The number of benzene rings is 2. The van der Waals surface area contributed by atoms with Crippen LogP contribution in [0.25, 0.3) is 0 Å². The van der Waals surface area contributed by atoms with Crippen LogP contribution in [-0.2, 0) is 17.9 Å². The first-order chi connectivity index (χ1) is 18.0. The number of piperazine rings is 1. The summed E-state index contributed by atoms with van der Waals surface area (Å²) in [6.07, 6.45) is 0.576. The second-order valence-corrected chi connectivity index (χ2v) is 10.9. The zero-order chi connectivity index (χ0) is 25.8. The molecule has 1 aromatic heterocycles. The molecule has 8 heteroatoms. The summed E-state index contributed by atoms with van der Waals surface area (Å²) >= 11 is 1.69. The van der Waals surface area contributed by atoms with Crippen LogP contribution < -0.4 is 5.32 Å². The van der Waals surface area contributed by atoms with Gasteiger partial charge in [-0.15, -0.1) is 11.3 Å². The van der Waals surface area contributed by atoms with Gasteiger partial charge in [-0.2, -0.15) is 0 Å². The van der Waals surface area contributed by atoms with Crippen LogP contribution in [0.1, 0.15) is 32.8 Å². The maximum Gasteiger partial charge on any atom is 0.254 e. The van der Waals surface area contributed by atoms with Gasteiger partial charge in [0.05, 0.1) is 0 Å². The Morgan fingerprint density at radius 1 is 1.03 bits per heavy atom. The number of thiophene rings is 1. The third kappa shape index (κ3) is 6.09. The van der Waals surface area contributed by atoms with E-state index in [1.165, 1.54) is 17.0 Å². The molecule has 2 amide bonds. The van der Waals surface area contributed by atoms with Crippen molar-refractivity contribution in [2.24, 2.45) is 0 Å². The minimum Gasteiger partial charge on any atom is -0.338 e. The summed E-state index contributed by atoms with van der Waals surface area (Å²) in [4.78, 5) is 34.7. The molecule has 2 unspecified atom stereocenters. The molecular formula is C29H33FN4O2S. The van der Waals surface area contributed by atoms with E-state index in [0.717, 1.165) is 24.2 Å². The summed E-state index contributed by atoms with van der Waals surface area (Å²) < 4.78 is 13.6. The van der Waals surface area contributed by atoms with Crippen LogP contribution in [0.4, 0.5) is 4.39 Å². The number of halogens is 1.